The van der Waals surface area contributed by atoms with Crippen molar-refractivity contribution >= 4 is 5.91 Å². The number of carbonyl (C=O) groups excluding carboxylic acids is 1. The number of amides is 1. The third kappa shape index (κ3) is 3.10. The summed E-state index contributed by atoms with van der Waals surface area (Å²) in [5.74, 6) is 0.881. The topological polar surface area (TPSA) is 46.3 Å². The molecule has 1 aliphatic rings. The predicted molar refractivity (Wildman–Crippen MR) is 73.2 cm³/mol. The highest BCUT2D eigenvalue weighted by Gasteiger charge is 2.44. The first-order valence-corrected chi connectivity index (χ1v) is 6.65. The smallest absolute Gasteiger partial charge is 0.226 e. The fraction of sp³-hybridized carbons (Fsp3) is 0.533. The van der Waals surface area contributed by atoms with Crippen molar-refractivity contribution in [2.75, 3.05) is 13.6 Å². The molecule has 2 N–H and O–H groups in total. The first-order chi connectivity index (χ1) is 8.59. The molecule has 0 saturated heterocycles. The van der Waals surface area contributed by atoms with Crippen LogP contribution in [0.15, 0.2) is 30.3 Å². The molecule has 3 atom stereocenters. The number of hydrogen-bond donors (Lipinski definition) is 1. The monoisotopic (exact) mass is 246 g/mol. The highest BCUT2D eigenvalue weighted by molar-refractivity contribution is 5.82. The van der Waals surface area contributed by atoms with Gasteiger partial charge in [0.2, 0.25) is 5.91 Å². The molecule has 0 bridgehead atoms. The maximum atomic E-state index is 12.2. The SMILES string of the molecule is CC(N)CCN(C)C(=O)C1CC1c1ccccc1. The van der Waals surface area contributed by atoms with E-state index in [0.717, 1.165) is 19.4 Å². The number of benzene rings is 1. The lowest BCUT2D eigenvalue weighted by molar-refractivity contribution is -0.131. The van der Waals surface area contributed by atoms with Gasteiger partial charge in [0.25, 0.3) is 0 Å². The number of hydrogen-bond acceptors (Lipinski definition) is 2. The lowest BCUT2D eigenvalue weighted by Gasteiger charge is -2.18. The molecule has 0 aliphatic heterocycles. The first kappa shape index (κ1) is 13.1. The van der Waals surface area contributed by atoms with Crippen LogP contribution in [0.4, 0.5) is 0 Å². The van der Waals surface area contributed by atoms with Gasteiger partial charge in [0.15, 0.2) is 0 Å². The van der Waals surface area contributed by atoms with Gasteiger partial charge in [0.1, 0.15) is 0 Å². The molecule has 1 aliphatic carbocycles. The van der Waals surface area contributed by atoms with Gasteiger partial charge in [-0.1, -0.05) is 30.3 Å². The molecule has 1 amide bonds. The lowest BCUT2D eigenvalue weighted by atomic mass is 10.1. The minimum Gasteiger partial charge on any atom is -0.345 e. The van der Waals surface area contributed by atoms with E-state index in [0.29, 0.717) is 5.92 Å². The van der Waals surface area contributed by atoms with Gasteiger partial charge in [-0.2, -0.15) is 0 Å². The van der Waals surface area contributed by atoms with E-state index >= 15 is 0 Å². The van der Waals surface area contributed by atoms with Gasteiger partial charge in [0, 0.05) is 25.6 Å². The van der Waals surface area contributed by atoms with Gasteiger partial charge in [-0.3, -0.25) is 4.79 Å². The molecule has 0 radical (unpaired) electrons. The Bertz CT molecular complexity index is 402. The molecule has 1 aromatic carbocycles. The maximum Gasteiger partial charge on any atom is 0.226 e. The van der Waals surface area contributed by atoms with Crippen molar-refractivity contribution in [1.82, 2.24) is 4.90 Å². The lowest BCUT2D eigenvalue weighted by Crippen LogP contribution is -2.32. The molecular weight excluding hydrogens is 224 g/mol. The number of carbonyl (C=O) groups is 1. The van der Waals surface area contributed by atoms with Gasteiger partial charge in [-0.05, 0) is 31.2 Å². The second kappa shape index (κ2) is 5.53. The molecule has 18 heavy (non-hydrogen) atoms. The Hall–Kier alpha value is -1.35. The normalized spacial score (nSPS) is 23.5. The van der Waals surface area contributed by atoms with Gasteiger partial charge < -0.3 is 10.6 Å². The summed E-state index contributed by atoms with van der Waals surface area (Å²) in [6.45, 7) is 2.73. The van der Waals surface area contributed by atoms with Gasteiger partial charge in [-0.15, -0.1) is 0 Å². The summed E-state index contributed by atoms with van der Waals surface area (Å²) in [5, 5.41) is 0. The quantitative estimate of drug-likeness (QED) is 0.863. The molecule has 3 unspecified atom stereocenters. The van der Waals surface area contributed by atoms with E-state index in [4.69, 9.17) is 5.73 Å². The van der Waals surface area contributed by atoms with Crippen molar-refractivity contribution < 1.29 is 4.79 Å². The highest BCUT2D eigenvalue weighted by atomic mass is 16.2. The van der Waals surface area contributed by atoms with E-state index in [1.165, 1.54) is 5.56 Å². The summed E-state index contributed by atoms with van der Waals surface area (Å²) < 4.78 is 0. The molecular formula is C15H22N2O. The fourth-order valence-corrected chi connectivity index (χ4v) is 2.33. The van der Waals surface area contributed by atoms with E-state index < -0.39 is 0 Å². The van der Waals surface area contributed by atoms with Crippen LogP contribution in [0.5, 0.6) is 0 Å². The van der Waals surface area contributed by atoms with Crippen molar-refractivity contribution in [3.63, 3.8) is 0 Å². The Kier molecular flexibility index (Phi) is 4.02. The van der Waals surface area contributed by atoms with Gasteiger partial charge >= 0.3 is 0 Å². The third-order valence-electron chi connectivity index (χ3n) is 3.63. The van der Waals surface area contributed by atoms with Gasteiger partial charge in [-0.25, -0.2) is 0 Å². The van der Waals surface area contributed by atoms with Crippen LogP contribution >= 0.6 is 0 Å². The summed E-state index contributed by atoms with van der Waals surface area (Å²) in [4.78, 5) is 14.0. The standard InChI is InChI=1S/C15H22N2O/c1-11(16)8-9-17(2)15(18)14-10-13(14)12-6-4-3-5-7-12/h3-7,11,13-14H,8-10,16H2,1-2H3. The summed E-state index contributed by atoms with van der Waals surface area (Å²) in [7, 11) is 1.88. The molecule has 1 aromatic rings. The Balaban J connectivity index is 1.85. The molecule has 0 heterocycles. The van der Waals surface area contributed by atoms with E-state index in [2.05, 4.69) is 12.1 Å². The molecule has 2 rings (SSSR count). The van der Waals surface area contributed by atoms with Crippen molar-refractivity contribution in [2.45, 2.75) is 31.7 Å². The average Bonchev–Trinajstić information content (AvgIpc) is 3.16. The second-order valence-corrected chi connectivity index (χ2v) is 5.39. The summed E-state index contributed by atoms with van der Waals surface area (Å²) in [6, 6.07) is 10.5. The van der Waals surface area contributed by atoms with E-state index in [1.807, 2.05) is 37.1 Å². The van der Waals surface area contributed by atoms with Crippen LogP contribution in [0.1, 0.15) is 31.2 Å². The van der Waals surface area contributed by atoms with Crippen LogP contribution < -0.4 is 5.73 Å². The predicted octanol–water partition coefficient (Wildman–Crippen LogP) is 1.99. The maximum absolute atomic E-state index is 12.2. The zero-order chi connectivity index (χ0) is 13.1. The van der Waals surface area contributed by atoms with Crippen LogP contribution in [0.3, 0.4) is 0 Å². The molecule has 1 fully saturated rings. The van der Waals surface area contributed by atoms with Crippen LogP contribution in [0.25, 0.3) is 0 Å². The number of rotatable bonds is 5. The van der Waals surface area contributed by atoms with Crippen molar-refractivity contribution in [3.8, 4) is 0 Å². The minimum atomic E-state index is 0.157. The summed E-state index contributed by atoms with van der Waals surface area (Å²) in [6.07, 6.45) is 1.86. The summed E-state index contributed by atoms with van der Waals surface area (Å²) >= 11 is 0. The average molecular weight is 246 g/mol. The van der Waals surface area contributed by atoms with E-state index in [9.17, 15) is 4.79 Å². The largest absolute Gasteiger partial charge is 0.345 e. The molecule has 1 saturated carbocycles. The van der Waals surface area contributed by atoms with E-state index in [1.54, 1.807) is 0 Å². The third-order valence-corrected chi connectivity index (χ3v) is 3.63. The Labute approximate surface area is 109 Å². The molecule has 98 valence electrons. The van der Waals surface area contributed by atoms with Crippen LogP contribution in [0.2, 0.25) is 0 Å². The van der Waals surface area contributed by atoms with Crippen molar-refractivity contribution in [1.29, 1.82) is 0 Å². The molecule has 0 aromatic heterocycles. The zero-order valence-electron chi connectivity index (χ0n) is 11.2. The zero-order valence-corrected chi connectivity index (χ0v) is 11.2. The number of nitrogens with zero attached hydrogens (tertiary/aromatic N) is 1. The Morgan fingerprint density at radius 2 is 2.11 bits per heavy atom. The Morgan fingerprint density at radius 3 is 2.72 bits per heavy atom. The Morgan fingerprint density at radius 1 is 1.44 bits per heavy atom. The van der Waals surface area contributed by atoms with E-state index in [-0.39, 0.29) is 17.9 Å². The first-order valence-electron chi connectivity index (χ1n) is 6.65. The van der Waals surface area contributed by atoms with Crippen molar-refractivity contribution in [2.24, 2.45) is 11.7 Å². The highest BCUT2D eigenvalue weighted by Crippen LogP contribution is 2.48. The molecule has 3 nitrogen and oxygen atoms in total. The van der Waals surface area contributed by atoms with Crippen LogP contribution in [-0.2, 0) is 4.79 Å². The van der Waals surface area contributed by atoms with Gasteiger partial charge in [0.05, 0.1) is 0 Å². The molecule has 0 spiro atoms. The summed E-state index contributed by atoms with van der Waals surface area (Å²) in [5.41, 5.74) is 7.00. The van der Waals surface area contributed by atoms with Crippen LogP contribution in [0, 0.1) is 5.92 Å². The minimum absolute atomic E-state index is 0.157. The number of nitrogens with two attached hydrogens (primary N) is 1. The van der Waals surface area contributed by atoms with Crippen LogP contribution in [-0.4, -0.2) is 30.4 Å². The molecule has 3 heteroatoms. The fourth-order valence-electron chi connectivity index (χ4n) is 2.33. The second-order valence-electron chi connectivity index (χ2n) is 5.39. The van der Waals surface area contributed by atoms with Crippen molar-refractivity contribution in [3.05, 3.63) is 35.9 Å².